The molecule has 1 aromatic heterocycles. The van der Waals surface area contributed by atoms with E-state index in [1.165, 1.54) is 6.20 Å². The molecule has 0 aliphatic heterocycles. The lowest BCUT2D eigenvalue weighted by Crippen LogP contribution is -2.13. The predicted octanol–water partition coefficient (Wildman–Crippen LogP) is 5.59. The number of rotatable bonds is 8. The highest BCUT2D eigenvalue weighted by molar-refractivity contribution is 8.04. The van der Waals surface area contributed by atoms with Gasteiger partial charge in [0.05, 0.1) is 5.37 Å². The zero-order valence-corrected chi connectivity index (χ0v) is 18.2. The third-order valence-electron chi connectivity index (χ3n) is 4.18. The molecule has 0 fully saturated rings. The Bertz CT molecular complexity index is 952. The fourth-order valence-electron chi connectivity index (χ4n) is 2.78. The highest BCUT2D eigenvalue weighted by Gasteiger charge is 2.16. The van der Waals surface area contributed by atoms with E-state index in [-0.39, 0.29) is 5.37 Å². The molecular formula is C22H22ClN3OS2. The molecule has 7 heteroatoms. The van der Waals surface area contributed by atoms with Gasteiger partial charge in [-0.15, -0.1) is 11.8 Å². The maximum Gasteiger partial charge on any atom is 0.105 e. The van der Waals surface area contributed by atoms with E-state index in [9.17, 15) is 5.11 Å². The van der Waals surface area contributed by atoms with Crippen molar-refractivity contribution < 1.29 is 5.11 Å². The number of halogens is 1. The van der Waals surface area contributed by atoms with E-state index in [2.05, 4.69) is 16.6 Å². The minimum absolute atomic E-state index is 0.223. The van der Waals surface area contributed by atoms with Gasteiger partial charge in [-0.1, -0.05) is 35.9 Å². The van der Waals surface area contributed by atoms with Gasteiger partial charge in [0.1, 0.15) is 6.10 Å². The number of benzene rings is 2. The topological polar surface area (TPSA) is 71.2 Å². The van der Waals surface area contributed by atoms with Crippen LogP contribution in [0.25, 0.3) is 11.1 Å². The number of nitrogens with two attached hydrogens (primary N) is 1. The van der Waals surface area contributed by atoms with Crippen molar-refractivity contribution in [2.24, 2.45) is 5.73 Å². The quantitative estimate of drug-likeness (QED) is 0.311. The number of thioether (sulfide) groups is 1. The Hall–Kier alpha value is -1.96. The number of pyridine rings is 1. The molecule has 0 aliphatic rings. The van der Waals surface area contributed by atoms with E-state index in [0.717, 1.165) is 27.1 Å². The van der Waals surface area contributed by atoms with E-state index in [0.29, 0.717) is 5.02 Å². The first kappa shape index (κ1) is 21.7. The van der Waals surface area contributed by atoms with Gasteiger partial charge in [0.15, 0.2) is 0 Å². The minimum atomic E-state index is -0.765. The van der Waals surface area contributed by atoms with Gasteiger partial charge < -0.3 is 10.8 Å². The van der Waals surface area contributed by atoms with Crippen LogP contribution in [0.5, 0.6) is 0 Å². The van der Waals surface area contributed by atoms with Crippen molar-refractivity contribution in [3.63, 3.8) is 0 Å². The van der Waals surface area contributed by atoms with Gasteiger partial charge in [-0.25, -0.2) is 4.72 Å². The summed E-state index contributed by atoms with van der Waals surface area (Å²) in [6, 6.07) is 17.2. The molecule has 29 heavy (non-hydrogen) atoms. The third kappa shape index (κ3) is 6.01. The van der Waals surface area contributed by atoms with Crippen molar-refractivity contribution in [3.05, 3.63) is 94.7 Å². The Morgan fingerprint density at radius 2 is 1.97 bits per heavy atom. The summed E-state index contributed by atoms with van der Waals surface area (Å²) < 4.78 is 3.34. The van der Waals surface area contributed by atoms with Crippen molar-refractivity contribution in [1.29, 1.82) is 0 Å². The van der Waals surface area contributed by atoms with Crippen LogP contribution < -0.4 is 10.5 Å². The molecule has 3 aromatic rings. The molecular weight excluding hydrogens is 422 g/mol. The van der Waals surface area contributed by atoms with Crippen LogP contribution in [0.1, 0.15) is 24.2 Å². The summed E-state index contributed by atoms with van der Waals surface area (Å²) in [6.07, 6.45) is 4.26. The molecule has 0 bridgehead atoms. The Morgan fingerprint density at radius 3 is 2.66 bits per heavy atom. The van der Waals surface area contributed by atoms with E-state index in [1.807, 2.05) is 53.9 Å². The maximum atomic E-state index is 11.0. The van der Waals surface area contributed by atoms with Crippen LogP contribution >= 0.6 is 35.3 Å². The van der Waals surface area contributed by atoms with Crippen LogP contribution in [0.2, 0.25) is 5.02 Å². The first-order valence-corrected chi connectivity index (χ1v) is 11.1. The number of aromatic nitrogens is 1. The number of aliphatic hydroxyl groups is 1. The Kier molecular flexibility index (Phi) is 8.03. The summed E-state index contributed by atoms with van der Waals surface area (Å²) in [7, 11) is 0. The fraction of sp³-hybridized carbons (Fsp3) is 0.136. The van der Waals surface area contributed by atoms with Crippen molar-refractivity contribution >= 4 is 35.3 Å². The van der Waals surface area contributed by atoms with Crippen molar-refractivity contribution in [2.75, 3.05) is 0 Å². The summed E-state index contributed by atoms with van der Waals surface area (Å²) in [5.74, 6) is 0. The van der Waals surface area contributed by atoms with Crippen molar-refractivity contribution in [2.45, 2.75) is 23.3 Å². The summed E-state index contributed by atoms with van der Waals surface area (Å²) in [4.78, 5) is 5.25. The van der Waals surface area contributed by atoms with Crippen LogP contribution in [0.3, 0.4) is 0 Å². The average Bonchev–Trinajstić information content (AvgIpc) is 2.76. The predicted molar refractivity (Wildman–Crippen MR) is 125 cm³/mol. The van der Waals surface area contributed by atoms with Gasteiger partial charge in [-0.05, 0) is 71.3 Å². The highest BCUT2D eigenvalue weighted by atomic mass is 35.5. The molecule has 0 spiro atoms. The minimum Gasteiger partial charge on any atom is -0.404 e. The van der Waals surface area contributed by atoms with Crippen molar-refractivity contribution in [3.8, 4) is 11.1 Å². The lowest BCUT2D eigenvalue weighted by Gasteiger charge is -2.17. The van der Waals surface area contributed by atoms with Gasteiger partial charge in [0.2, 0.25) is 0 Å². The molecule has 2 atom stereocenters. The molecule has 2 unspecified atom stereocenters. The molecule has 4 N–H and O–H groups in total. The summed E-state index contributed by atoms with van der Waals surface area (Å²) in [5, 5.41) is 13.7. The van der Waals surface area contributed by atoms with E-state index >= 15 is 0 Å². The normalized spacial score (nSPS) is 13.5. The Morgan fingerprint density at radius 1 is 1.17 bits per heavy atom. The van der Waals surface area contributed by atoms with Gasteiger partial charge in [-0.2, -0.15) is 0 Å². The van der Waals surface area contributed by atoms with Crippen LogP contribution in [0.15, 0.2) is 83.5 Å². The standard InChI is InChI=1S/C22H22ClN3OS2/c1-15(28-12-10-24)26-29-19-7-4-16(5-8-19)22(27)20-9-6-18(23)13-21(20)17-3-2-11-25-14-17/h2-15,22,26-27H,24H2,1H3/b12-10-. The molecule has 0 amide bonds. The lowest BCUT2D eigenvalue weighted by molar-refractivity contribution is 0.221. The Labute approximate surface area is 184 Å². The smallest absolute Gasteiger partial charge is 0.105 e. The largest absolute Gasteiger partial charge is 0.404 e. The van der Waals surface area contributed by atoms with E-state index in [4.69, 9.17) is 17.3 Å². The number of aliphatic hydroxyl groups excluding tert-OH is 1. The van der Waals surface area contributed by atoms with E-state index < -0.39 is 6.10 Å². The van der Waals surface area contributed by atoms with Gasteiger partial charge in [0.25, 0.3) is 0 Å². The molecule has 3 rings (SSSR count). The van der Waals surface area contributed by atoms with Gasteiger partial charge in [-0.3, -0.25) is 4.98 Å². The molecule has 1 heterocycles. The third-order valence-corrected chi connectivity index (χ3v) is 6.39. The second kappa shape index (κ2) is 10.7. The van der Waals surface area contributed by atoms with Crippen LogP contribution in [-0.2, 0) is 0 Å². The zero-order valence-electron chi connectivity index (χ0n) is 15.8. The monoisotopic (exact) mass is 443 g/mol. The molecule has 150 valence electrons. The number of hydrogen-bond acceptors (Lipinski definition) is 6. The SMILES string of the molecule is CC(NSc1ccc(C(O)c2ccc(Cl)cc2-c2cccnc2)cc1)S/C=C\N. The lowest BCUT2D eigenvalue weighted by atomic mass is 9.93. The molecule has 4 nitrogen and oxygen atoms in total. The van der Waals surface area contributed by atoms with E-state index in [1.54, 1.807) is 42.2 Å². The molecule has 0 aliphatic carbocycles. The average molecular weight is 444 g/mol. The molecule has 2 aromatic carbocycles. The maximum absolute atomic E-state index is 11.0. The second-order valence-electron chi connectivity index (χ2n) is 6.27. The summed E-state index contributed by atoms with van der Waals surface area (Å²) >= 11 is 9.36. The van der Waals surface area contributed by atoms with Crippen LogP contribution in [0, 0.1) is 0 Å². The summed E-state index contributed by atoms with van der Waals surface area (Å²) in [5.41, 5.74) is 8.76. The number of hydrogen-bond donors (Lipinski definition) is 3. The number of nitrogens with one attached hydrogen (secondary N) is 1. The fourth-order valence-corrected chi connectivity index (χ4v) is 4.22. The van der Waals surface area contributed by atoms with Gasteiger partial charge in [0, 0.05) is 34.1 Å². The zero-order chi connectivity index (χ0) is 20.6. The van der Waals surface area contributed by atoms with Crippen LogP contribution in [-0.4, -0.2) is 15.5 Å². The molecule has 0 radical (unpaired) electrons. The van der Waals surface area contributed by atoms with Crippen molar-refractivity contribution in [1.82, 2.24) is 9.71 Å². The van der Waals surface area contributed by atoms with Gasteiger partial charge >= 0.3 is 0 Å². The summed E-state index contributed by atoms with van der Waals surface area (Å²) in [6.45, 7) is 2.07. The van der Waals surface area contributed by atoms with Crippen LogP contribution in [0.4, 0.5) is 0 Å². The molecule has 0 saturated carbocycles. The highest BCUT2D eigenvalue weighted by Crippen LogP contribution is 2.34. The molecule has 0 saturated heterocycles. The Balaban J connectivity index is 1.77. The number of nitrogens with zero attached hydrogens (tertiary/aromatic N) is 1. The second-order valence-corrected chi connectivity index (χ2v) is 8.87. The first-order valence-electron chi connectivity index (χ1n) is 9.01. The first-order chi connectivity index (χ1) is 14.1.